The number of hydrogen-bond donors (Lipinski definition) is 2. The van der Waals surface area contributed by atoms with Gasteiger partial charge in [-0.2, -0.15) is 0 Å². The minimum Gasteiger partial charge on any atom is -0.481 e. The average molecular weight is 420 g/mol. The van der Waals surface area contributed by atoms with Gasteiger partial charge in [-0.05, 0) is 60.3 Å². The van der Waals surface area contributed by atoms with E-state index in [4.69, 9.17) is 4.98 Å². The van der Waals surface area contributed by atoms with E-state index >= 15 is 0 Å². The van der Waals surface area contributed by atoms with E-state index in [0.29, 0.717) is 19.5 Å². The van der Waals surface area contributed by atoms with Crippen LogP contribution in [0.5, 0.6) is 0 Å². The number of nitrogens with zero attached hydrogens (tertiary/aromatic N) is 2. The maximum Gasteiger partial charge on any atom is 0.303 e. The molecule has 6 heteroatoms. The van der Waals surface area contributed by atoms with Crippen molar-refractivity contribution in [2.75, 3.05) is 25.0 Å². The first kappa shape index (κ1) is 20.0. The van der Waals surface area contributed by atoms with Gasteiger partial charge in [0.1, 0.15) is 5.82 Å². The number of fused-ring (bicyclic) bond motifs is 4. The summed E-state index contributed by atoms with van der Waals surface area (Å²) in [6.07, 6.45) is 4.46. The van der Waals surface area contributed by atoms with E-state index in [1.54, 1.807) is 0 Å². The quantitative estimate of drug-likeness (QED) is 0.748. The number of pyridine rings is 1. The first-order chi connectivity index (χ1) is 15.1. The molecule has 5 rings (SSSR count). The molecule has 3 heterocycles. The Hall–Kier alpha value is -2.89. The van der Waals surface area contributed by atoms with Crippen LogP contribution in [0.2, 0.25) is 0 Å². The van der Waals surface area contributed by atoms with Gasteiger partial charge in [-0.3, -0.25) is 9.59 Å². The largest absolute Gasteiger partial charge is 0.481 e. The fourth-order valence-corrected chi connectivity index (χ4v) is 5.72. The topological polar surface area (TPSA) is 82.5 Å². The van der Waals surface area contributed by atoms with E-state index in [0.717, 1.165) is 43.7 Å². The molecule has 6 nitrogen and oxygen atoms in total. The Balaban J connectivity index is 1.20. The first-order valence-corrected chi connectivity index (χ1v) is 11.4. The molecule has 2 N–H and O–H groups in total. The predicted octanol–water partition coefficient (Wildman–Crippen LogP) is 3.58. The van der Waals surface area contributed by atoms with Crippen molar-refractivity contribution in [1.29, 1.82) is 0 Å². The summed E-state index contributed by atoms with van der Waals surface area (Å²) in [6, 6.07) is 12.4. The molecule has 1 saturated heterocycles. The van der Waals surface area contributed by atoms with Crippen LogP contribution in [-0.4, -0.2) is 46.5 Å². The van der Waals surface area contributed by atoms with Gasteiger partial charge in [-0.15, -0.1) is 0 Å². The summed E-state index contributed by atoms with van der Waals surface area (Å²) in [5.74, 6) is 0.896. The molecule has 0 spiro atoms. The Morgan fingerprint density at radius 3 is 2.81 bits per heavy atom. The van der Waals surface area contributed by atoms with Crippen LogP contribution in [0.1, 0.15) is 59.9 Å². The summed E-state index contributed by atoms with van der Waals surface area (Å²) in [6.45, 7) is 2.35. The Morgan fingerprint density at radius 2 is 1.97 bits per heavy atom. The van der Waals surface area contributed by atoms with E-state index in [1.807, 2.05) is 17.0 Å². The number of carboxylic acid groups (broad SMARTS) is 1. The zero-order valence-corrected chi connectivity index (χ0v) is 17.7. The summed E-state index contributed by atoms with van der Waals surface area (Å²) >= 11 is 0. The number of amides is 1. The molecule has 1 aromatic heterocycles. The normalized spacial score (nSPS) is 23.6. The van der Waals surface area contributed by atoms with Crippen molar-refractivity contribution in [3.63, 3.8) is 0 Å². The fraction of sp³-hybridized carbons (Fsp3) is 0.480. The Bertz CT molecular complexity index is 1010. The predicted molar refractivity (Wildman–Crippen MR) is 118 cm³/mol. The molecule has 1 aromatic carbocycles. The molecule has 1 fully saturated rings. The summed E-state index contributed by atoms with van der Waals surface area (Å²) in [5.41, 5.74) is 4.72. The van der Waals surface area contributed by atoms with Crippen LogP contribution >= 0.6 is 0 Å². The molecule has 162 valence electrons. The molecule has 2 aromatic rings. The van der Waals surface area contributed by atoms with Crippen molar-refractivity contribution < 1.29 is 14.7 Å². The SMILES string of the molecule is O=C(O)CC1c2ccccc2C2CN(C(=O)CCCc3ccc4c(n3)NCCC4)CC12. The third kappa shape index (κ3) is 3.91. The van der Waals surface area contributed by atoms with Crippen molar-refractivity contribution in [2.24, 2.45) is 5.92 Å². The second-order valence-corrected chi connectivity index (χ2v) is 9.10. The van der Waals surface area contributed by atoms with Crippen molar-refractivity contribution >= 4 is 17.7 Å². The number of benzene rings is 1. The molecule has 0 radical (unpaired) electrons. The fourth-order valence-electron chi connectivity index (χ4n) is 5.72. The second-order valence-electron chi connectivity index (χ2n) is 9.10. The van der Waals surface area contributed by atoms with Crippen LogP contribution in [-0.2, 0) is 22.4 Å². The van der Waals surface area contributed by atoms with Gasteiger partial charge in [0, 0.05) is 37.7 Å². The number of aliphatic carboxylic acids is 1. The zero-order valence-electron chi connectivity index (χ0n) is 17.7. The number of anilines is 1. The number of carboxylic acids is 1. The first-order valence-electron chi connectivity index (χ1n) is 11.4. The standard InChI is InChI=1S/C25H29N3O3/c29-23(9-3-6-17-11-10-16-5-4-12-26-25(16)27-17)28-14-21-19-8-2-1-7-18(19)20(13-24(30)31)22(21)15-28/h1-2,7-8,10-11,20-22H,3-6,9,12-15H2,(H,26,27)(H,30,31). The van der Waals surface area contributed by atoms with E-state index in [2.05, 4.69) is 29.6 Å². The molecule has 2 aliphatic heterocycles. The number of rotatable bonds is 6. The van der Waals surface area contributed by atoms with Crippen molar-refractivity contribution in [3.8, 4) is 0 Å². The van der Waals surface area contributed by atoms with E-state index in [9.17, 15) is 14.7 Å². The third-order valence-corrected chi connectivity index (χ3v) is 7.20. The third-order valence-electron chi connectivity index (χ3n) is 7.20. The van der Waals surface area contributed by atoms with Gasteiger partial charge in [0.25, 0.3) is 0 Å². The average Bonchev–Trinajstić information content (AvgIpc) is 3.33. The van der Waals surface area contributed by atoms with Crippen LogP contribution in [0.3, 0.4) is 0 Å². The maximum atomic E-state index is 12.9. The van der Waals surface area contributed by atoms with Crippen LogP contribution in [0.4, 0.5) is 5.82 Å². The number of carbonyl (C=O) groups excluding carboxylic acids is 1. The number of aromatic nitrogens is 1. The van der Waals surface area contributed by atoms with Gasteiger partial charge < -0.3 is 15.3 Å². The lowest BCUT2D eigenvalue weighted by molar-refractivity contribution is -0.137. The molecule has 1 amide bonds. The van der Waals surface area contributed by atoms with E-state index < -0.39 is 5.97 Å². The Kier molecular flexibility index (Phi) is 5.38. The van der Waals surface area contributed by atoms with Gasteiger partial charge in [-0.25, -0.2) is 4.98 Å². The molecule has 3 atom stereocenters. The van der Waals surface area contributed by atoms with Gasteiger partial charge >= 0.3 is 5.97 Å². The Labute approximate surface area is 182 Å². The monoisotopic (exact) mass is 419 g/mol. The number of nitrogens with one attached hydrogen (secondary N) is 1. The molecule has 31 heavy (non-hydrogen) atoms. The minimum atomic E-state index is -0.766. The summed E-state index contributed by atoms with van der Waals surface area (Å²) < 4.78 is 0. The molecule has 0 saturated carbocycles. The highest BCUT2D eigenvalue weighted by molar-refractivity contribution is 5.77. The summed E-state index contributed by atoms with van der Waals surface area (Å²) in [5, 5.41) is 12.8. The number of aryl methyl sites for hydroxylation is 2. The molecule has 3 aliphatic rings. The molecular formula is C25H29N3O3. The molecular weight excluding hydrogens is 390 g/mol. The zero-order chi connectivity index (χ0) is 21.4. The summed E-state index contributed by atoms with van der Waals surface area (Å²) in [7, 11) is 0. The maximum absolute atomic E-state index is 12.9. The molecule has 3 unspecified atom stereocenters. The van der Waals surface area contributed by atoms with Crippen LogP contribution in [0, 0.1) is 5.92 Å². The Morgan fingerprint density at radius 1 is 1.13 bits per heavy atom. The van der Waals surface area contributed by atoms with Gasteiger partial charge in [0.15, 0.2) is 0 Å². The highest BCUT2D eigenvalue weighted by Crippen LogP contribution is 2.51. The van der Waals surface area contributed by atoms with Gasteiger partial charge in [0.2, 0.25) is 5.91 Å². The van der Waals surface area contributed by atoms with Crippen molar-refractivity contribution in [1.82, 2.24) is 9.88 Å². The highest BCUT2D eigenvalue weighted by Gasteiger charge is 2.47. The second kappa shape index (κ2) is 8.33. The molecule has 1 aliphatic carbocycles. The van der Waals surface area contributed by atoms with E-state index in [1.165, 1.54) is 16.7 Å². The number of carbonyl (C=O) groups is 2. The lowest BCUT2D eigenvalue weighted by atomic mass is 9.87. The van der Waals surface area contributed by atoms with Gasteiger partial charge in [0.05, 0.1) is 6.42 Å². The minimum absolute atomic E-state index is 0.00342. The van der Waals surface area contributed by atoms with E-state index in [-0.39, 0.29) is 30.1 Å². The van der Waals surface area contributed by atoms with Crippen LogP contribution in [0.25, 0.3) is 0 Å². The summed E-state index contributed by atoms with van der Waals surface area (Å²) in [4.78, 5) is 31.0. The van der Waals surface area contributed by atoms with Crippen LogP contribution < -0.4 is 5.32 Å². The van der Waals surface area contributed by atoms with Gasteiger partial charge in [-0.1, -0.05) is 30.3 Å². The number of likely N-dealkylation sites (tertiary alicyclic amines) is 1. The van der Waals surface area contributed by atoms with Crippen molar-refractivity contribution in [2.45, 2.75) is 50.4 Å². The van der Waals surface area contributed by atoms with Crippen LogP contribution in [0.15, 0.2) is 36.4 Å². The highest BCUT2D eigenvalue weighted by atomic mass is 16.4. The number of hydrogen-bond acceptors (Lipinski definition) is 4. The lowest BCUT2D eigenvalue weighted by Gasteiger charge is -2.21. The molecule has 0 bridgehead atoms. The lowest BCUT2D eigenvalue weighted by Crippen LogP contribution is -2.30. The van der Waals surface area contributed by atoms with Crippen molar-refractivity contribution in [3.05, 3.63) is 58.8 Å². The smallest absolute Gasteiger partial charge is 0.303 e.